The lowest BCUT2D eigenvalue weighted by atomic mass is 10.3. The molecular weight excluding hydrogens is 222 g/mol. The summed E-state index contributed by atoms with van der Waals surface area (Å²) in [6, 6.07) is 0. The van der Waals surface area contributed by atoms with Crippen molar-refractivity contribution in [2.45, 2.75) is 19.4 Å². The van der Waals surface area contributed by atoms with Gasteiger partial charge in [-0.2, -0.15) is 0 Å². The molecule has 0 N–H and O–H groups in total. The fourth-order valence-electron chi connectivity index (χ4n) is 1.31. The Morgan fingerprint density at radius 3 is 3.17 bits per heavy atom. The molecule has 1 fully saturated rings. The van der Waals surface area contributed by atoms with Crippen LogP contribution in [0.5, 0.6) is 0 Å². The van der Waals surface area contributed by atoms with Crippen LogP contribution in [0, 0.1) is 0 Å². The van der Waals surface area contributed by atoms with Crippen LogP contribution in [0.15, 0.2) is 0 Å². The highest BCUT2D eigenvalue weighted by Gasteiger charge is 2.18. The van der Waals surface area contributed by atoms with Crippen LogP contribution in [-0.4, -0.2) is 41.9 Å². The summed E-state index contributed by atoms with van der Waals surface area (Å²) in [6.07, 6.45) is 1.12. The smallest absolute Gasteiger partial charge is 0.233 e. The maximum Gasteiger partial charge on any atom is 0.233 e. The predicted molar refractivity (Wildman–Crippen MR) is 50.4 cm³/mol. The molecule has 1 aliphatic heterocycles. The van der Waals surface area contributed by atoms with E-state index < -0.39 is 0 Å². The van der Waals surface area contributed by atoms with E-state index in [1.54, 1.807) is 0 Å². The van der Waals surface area contributed by atoms with E-state index in [1.807, 2.05) is 11.8 Å². The predicted octanol–water partition coefficient (Wildman–Crippen LogP) is 1.02. The van der Waals surface area contributed by atoms with Gasteiger partial charge >= 0.3 is 0 Å². The molecule has 1 atom stereocenters. The van der Waals surface area contributed by atoms with Gasteiger partial charge in [0.15, 0.2) is 0 Å². The number of amides is 1. The molecule has 1 aliphatic rings. The van der Waals surface area contributed by atoms with Crippen molar-refractivity contribution < 1.29 is 9.53 Å². The average Bonchev–Trinajstić information content (AvgIpc) is 2.28. The van der Waals surface area contributed by atoms with E-state index in [9.17, 15) is 4.79 Å². The number of nitrogens with zero attached hydrogens (tertiary/aromatic N) is 1. The topological polar surface area (TPSA) is 29.5 Å². The van der Waals surface area contributed by atoms with E-state index >= 15 is 0 Å². The summed E-state index contributed by atoms with van der Waals surface area (Å²) < 4.78 is 5.42. The fourth-order valence-corrected chi connectivity index (χ4v) is 1.66. The molecular formula is C8H14BrNO2. The third-order valence-electron chi connectivity index (χ3n) is 1.92. The van der Waals surface area contributed by atoms with Gasteiger partial charge in [-0.1, -0.05) is 15.9 Å². The number of ether oxygens (including phenoxy) is 1. The first-order chi connectivity index (χ1) is 5.74. The van der Waals surface area contributed by atoms with E-state index in [0.717, 1.165) is 26.1 Å². The fraction of sp³-hybridized carbons (Fsp3) is 0.875. The minimum absolute atomic E-state index is 0.160. The number of carbonyl (C=O) groups is 1. The molecule has 3 nitrogen and oxygen atoms in total. The van der Waals surface area contributed by atoms with E-state index in [4.69, 9.17) is 4.74 Å². The maximum absolute atomic E-state index is 11.3. The third kappa shape index (κ3) is 2.75. The standard InChI is InChI=1S/C8H14BrNO2/c1-7-6-10(8(11)5-9)3-2-4-12-7/h7H,2-6H2,1H3. The lowest BCUT2D eigenvalue weighted by molar-refractivity contribution is -0.128. The van der Waals surface area contributed by atoms with E-state index in [-0.39, 0.29) is 12.0 Å². The van der Waals surface area contributed by atoms with E-state index in [2.05, 4.69) is 15.9 Å². The summed E-state index contributed by atoms with van der Waals surface area (Å²) in [7, 11) is 0. The average molecular weight is 236 g/mol. The van der Waals surface area contributed by atoms with Crippen molar-refractivity contribution in [1.82, 2.24) is 4.90 Å². The SMILES string of the molecule is CC1CN(C(=O)CBr)CCCO1. The lowest BCUT2D eigenvalue weighted by Crippen LogP contribution is -2.36. The second-order valence-corrected chi connectivity index (χ2v) is 3.57. The highest BCUT2D eigenvalue weighted by Crippen LogP contribution is 2.06. The zero-order valence-electron chi connectivity index (χ0n) is 7.25. The molecule has 1 saturated heterocycles. The zero-order valence-corrected chi connectivity index (χ0v) is 8.84. The van der Waals surface area contributed by atoms with Gasteiger partial charge in [-0.25, -0.2) is 0 Å². The quantitative estimate of drug-likeness (QED) is 0.636. The Labute approximate surface area is 81.2 Å². The van der Waals surface area contributed by atoms with Crippen molar-refractivity contribution in [3.05, 3.63) is 0 Å². The number of hydrogen-bond donors (Lipinski definition) is 0. The largest absolute Gasteiger partial charge is 0.377 e. The third-order valence-corrected chi connectivity index (χ3v) is 2.40. The molecule has 0 saturated carbocycles. The molecule has 0 aromatic heterocycles. The molecule has 1 unspecified atom stereocenters. The molecule has 70 valence electrons. The van der Waals surface area contributed by atoms with Crippen LogP contribution in [0.1, 0.15) is 13.3 Å². The van der Waals surface area contributed by atoms with Crippen molar-refractivity contribution in [2.75, 3.05) is 25.0 Å². The van der Waals surface area contributed by atoms with Crippen LogP contribution in [0.2, 0.25) is 0 Å². The number of carbonyl (C=O) groups excluding carboxylic acids is 1. The molecule has 1 rings (SSSR count). The van der Waals surface area contributed by atoms with Crippen LogP contribution in [0.25, 0.3) is 0 Å². The van der Waals surface area contributed by atoms with Crippen molar-refractivity contribution >= 4 is 21.8 Å². The van der Waals surface area contributed by atoms with Crippen LogP contribution >= 0.6 is 15.9 Å². The first-order valence-corrected chi connectivity index (χ1v) is 5.31. The van der Waals surface area contributed by atoms with Gasteiger partial charge < -0.3 is 9.64 Å². The van der Waals surface area contributed by atoms with Gasteiger partial charge in [0.05, 0.1) is 11.4 Å². The zero-order chi connectivity index (χ0) is 8.97. The van der Waals surface area contributed by atoms with Gasteiger partial charge in [-0.15, -0.1) is 0 Å². The van der Waals surface area contributed by atoms with E-state index in [0.29, 0.717) is 5.33 Å². The van der Waals surface area contributed by atoms with Crippen molar-refractivity contribution in [3.63, 3.8) is 0 Å². The van der Waals surface area contributed by atoms with E-state index in [1.165, 1.54) is 0 Å². The van der Waals surface area contributed by atoms with Gasteiger partial charge in [-0.05, 0) is 13.3 Å². The molecule has 1 amide bonds. The summed E-state index contributed by atoms with van der Waals surface area (Å²) in [5.41, 5.74) is 0. The van der Waals surface area contributed by atoms with Crippen molar-refractivity contribution in [1.29, 1.82) is 0 Å². The Morgan fingerprint density at radius 2 is 2.50 bits per heavy atom. The minimum atomic E-state index is 0.160. The summed E-state index contributed by atoms with van der Waals surface area (Å²) >= 11 is 3.16. The molecule has 0 aromatic carbocycles. The number of halogens is 1. The van der Waals surface area contributed by atoms with Gasteiger partial charge in [0.1, 0.15) is 0 Å². The molecule has 0 bridgehead atoms. The Morgan fingerprint density at radius 1 is 1.75 bits per heavy atom. The minimum Gasteiger partial charge on any atom is -0.377 e. The van der Waals surface area contributed by atoms with Crippen molar-refractivity contribution in [2.24, 2.45) is 0 Å². The van der Waals surface area contributed by atoms with Crippen molar-refractivity contribution in [3.8, 4) is 0 Å². The molecule has 1 heterocycles. The first kappa shape index (κ1) is 9.99. The molecule has 0 aliphatic carbocycles. The number of hydrogen-bond acceptors (Lipinski definition) is 2. The highest BCUT2D eigenvalue weighted by atomic mass is 79.9. The van der Waals surface area contributed by atoms with Crippen LogP contribution in [-0.2, 0) is 9.53 Å². The highest BCUT2D eigenvalue weighted by molar-refractivity contribution is 9.09. The Bertz CT molecular complexity index is 163. The second-order valence-electron chi connectivity index (χ2n) is 3.01. The van der Waals surface area contributed by atoms with Gasteiger partial charge in [-0.3, -0.25) is 4.79 Å². The number of alkyl halides is 1. The summed E-state index contributed by atoms with van der Waals surface area (Å²) in [5.74, 6) is 0.160. The molecule has 0 radical (unpaired) electrons. The lowest BCUT2D eigenvalue weighted by Gasteiger charge is -2.20. The Hall–Kier alpha value is -0.0900. The summed E-state index contributed by atoms with van der Waals surface area (Å²) in [6.45, 7) is 4.33. The van der Waals surface area contributed by atoms with Gasteiger partial charge in [0, 0.05) is 19.7 Å². The second kappa shape index (κ2) is 4.82. The van der Waals surface area contributed by atoms with Gasteiger partial charge in [0.25, 0.3) is 0 Å². The van der Waals surface area contributed by atoms with Crippen LogP contribution in [0.4, 0.5) is 0 Å². The number of rotatable bonds is 1. The normalized spacial score (nSPS) is 25.2. The molecule has 12 heavy (non-hydrogen) atoms. The molecule has 0 spiro atoms. The molecule has 4 heteroatoms. The summed E-state index contributed by atoms with van der Waals surface area (Å²) in [4.78, 5) is 13.1. The van der Waals surface area contributed by atoms with Crippen LogP contribution < -0.4 is 0 Å². The monoisotopic (exact) mass is 235 g/mol. The van der Waals surface area contributed by atoms with Crippen LogP contribution in [0.3, 0.4) is 0 Å². The first-order valence-electron chi connectivity index (χ1n) is 4.19. The molecule has 0 aromatic rings. The summed E-state index contributed by atoms with van der Waals surface area (Å²) in [5, 5.41) is 0.416. The Kier molecular flexibility index (Phi) is 4.01. The van der Waals surface area contributed by atoms with Gasteiger partial charge in [0.2, 0.25) is 5.91 Å². The Balaban J connectivity index is 2.46. The maximum atomic E-state index is 11.3.